The summed E-state index contributed by atoms with van der Waals surface area (Å²) in [4.78, 5) is 25.8. The summed E-state index contributed by atoms with van der Waals surface area (Å²) >= 11 is 3.38. The second-order valence-electron chi connectivity index (χ2n) is 6.49. The second-order valence-corrected chi connectivity index (χ2v) is 7.34. The molecule has 0 spiro atoms. The van der Waals surface area contributed by atoms with Gasteiger partial charge in [0, 0.05) is 18.5 Å². The molecular weight excluding hydrogens is 467 g/mol. The van der Waals surface area contributed by atoms with Crippen LogP contribution >= 0.6 is 15.9 Å². The molecule has 0 aliphatic rings. The molecule has 3 aromatic rings. The Labute approximate surface area is 178 Å². The van der Waals surface area contributed by atoms with E-state index in [9.17, 15) is 22.8 Å². The lowest BCUT2D eigenvalue weighted by Gasteiger charge is -2.22. The van der Waals surface area contributed by atoms with Crippen LogP contribution in [0.3, 0.4) is 0 Å². The summed E-state index contributed by atoms with van der Waals surface area (Å²) in [5, 5.41) is 0.797. The minimum atomic E-state index is -4.45. The van der Waals surface area contributed by atoms with Crippen molar-refractivity contribution in [3.63, 3.8) is 0 Å². The standard InChI is InChI=1S/C21H17BrF3NO4/c1-2-29-20(28)19(27)26(10-13-3-6-15(7-4-13)21(23,24)25)11-14-5-8-18-16(9-14)17(22)12-30-18/h3-9,12H,2,10-11H2,1H3. The molecule has 3 rings (SSSR count). The highest BCUT2D eigenvalue weighted by molar-refractivity contribution is 9.10. The topological polar surface area (TPSA) is 59.8 Å². The largest absolute Gasteiger partial charge is 0.463 e. The Morgan fingerprint density at radius 1 is 1.07 bits per heavy atom. The van der Waals surface area contributed by atoms with Gasteiger partial charge in [0.2, 0.25) is 0 Å². The Hall–Kier alpha value is -2.81. The summed E-state index contributed by atoms with van der Waals surface area (Å²) in [7, 11) is 0. The van der Waals surface area contributed by atoms with Crippen LogP contribution < -0.4 is 0 Å². The lowest BCUT2D eigenvalue weighted by atomic mass is 10.1. The van der Waals surface area contributed by atoms with E-state index in [1.165, 1.54) is 23.3 Å². The minimum Gasteiger partial charge on any atom is -0.463 e. The summed E-state index contributed by atoms with van der Waals surface area (Å²) in [5.41, 5.74) is 1.03. The molecule has 2 aromatic carbocycles. The number of hydrogen-bond acceptors (Lipinski definition) is 4. The molecule has 0 fully saturated rings. The smallest absolute Gasteiger partial charge is 0.416 e. The third kappa shape index (κ3) is 5.02. The predicted octanol–water partition coefficient (Wildman–Crippen LogP) is 5.31. The van der Waals surface area contributed by atoms with Crippen molar-refractivity contribution in [3.05, 3.63) is 69.9 Å². The zero-order valence-electron chi connectivity index (χ0n) is 15.8. The third-order valence-electron chi connectivity index (χ3n) is 4.36. The summed E-state index contributed by atoms with van der Waals surface area (Å²) in [5.74, 6) is -1.89. The van der Waals surface area contributed by atoms with Crippen molar-refractivity contribution in [2.45, 2.75) is 26.2 Å². The number of fused-ring (bicyclic) bond motifs is 1. The molecule has 0 bridgehead atoms. The van der Waals surface area contributed by atoms with Gasteiger partial charge in [-0.3, -0.25) is 4.79 Å². The molecule has 0 aliphatic heterocycles. The number of carbonyl (C=O) groups excluding carboxylic acids is 2. The van der Waals surface area contributed by atoms with Crippen LogP contribution in [0.2, 0.25) is 0 Å². The molecule has 0 saturated carbocycles. The molecule has 0 atom stereocenters. The number of amides is 1. The first-order valence-electron chi connectivity index (χ1n) is 8.97. The molecule has 0 saturated heterocycles. The highest BCUT2D eigenvalue weighted by Crippen LogP contribution is 2.30. The van der Waals surface area contributed by atoms with Gasteiger partial charge >= 0.3 is 18.1 Å². The monoisotopic (exact) mass is 483 g/mol. The van der Waals surface area contributed by atoms with Gasteiger partial charge in [-0.2, -0.15) is 13.2 Å². The average Bonchev–Trinajstić information content (AvgIpc) is 3.07. The van der Waals surface area contributed by atoms with Gasteiger partial charge in [-0.15, -0.1) is 0 Å². The Morgan fingerprint density at radius 3 is 2.33 bits per heavy atom. The predicted molar refractivity (Wildman–Crippen MR) is 106 cm³/mol. The van der Waals surface area contributed by atoms with E-state index in [4.69, 9.17) is 9.15 Å². The number of ether oxygens (including phenoxy) is 1. The molecule has 0 N–H and O–H groups in total. The van der Waals surface area contributed by atoms with Crippen LogP contribution in [-0.4, -0.2) is 23.4 Å². The zero-order valence-corrected chi connectivity index (χ0v) is 17.4. The fraction of sp³-hybridized carbons (Fsp3) is 0.238. The summed E-state index contributed by atoms with van der Waals surface area (Å²) in [6.45, 7) is 1.62. The molecule has 1 aromatic heterocycles. The molecule has 0 aliphatic carbocycles. The molecule has 1 heterocycles. The van der Waals surface area contributed by atoms with Crippen LogP contribution in [0, 0.1) is 0 Å². The lowest BCUT2D eigenvalue weighted by Crippen LogP contribution is -2.36. The first kappa shape index (κ1) is 21.9. The van der Waals surface area contributed by atoms with Gasteiger partial charge in [0.15, 0.2) is 0 Å². The Kier molecular flexibility index (Phi) is 6.50. The van der Waals surface area contributed by atoms with E-state index in [1.54, 1.807) is 25.1 Å². The van der Waals surface area contributed by atoms with E-state index in [2.05, 4.69) is 15.9 Å². The molecule has 30 heavy (non-hydrogen) atoms. The SMILES string of the molecule is CCOC(=O)C(=O)N(Cc1ccc(C(F)(F)F)cc1)Cc1ccc2occ(Br)c2c1. The summed E-state index contributed by atoms with van der Waals surface area (Å²) < 4.78 is 49.3. The highest BCUT2D eigenvalue weighted by Gasteiger charge is 2.30. The molecule has 1 amide bonds. The third-order valence-corrected chi connectivity index (χ3v) is 4.97. The maximum atomic E-state index is 12.8. The maximum absolute atomic E-state index is 12.8. The molecule has 5 nitrogen and oxygen atoms in total. The Balaban J connectivity index is 1.86. The van der Waals surface area contributed by atoms with Crippen molar-refractivity contribution in [1.82, 2.24) is 4.90 Å². The van der Waals surface area contributed by atoms with E-state index in [-0.39, 0.29) is 19.7 Å². The molecular formula is C21H17BrF3NO4. The van der Waals surface area contributed by atoms with Crippen molar-refractivity contribution in [3.8, 4) is 0 Å². The molecule has 0 radical (unpaired) electrons. The zero-order chi connectivity index (χ0) is 21.9. The van der Waals surface area contributed by atoms with E-state index < -0.39 is 23.6 Å². The number of furan rings is 1. The summed E-state index contributed by atoms with van der Waals surface area (Å²) in [6, 6.07) is 9.74. The van der Waals surface area contributed by atoms with Crippen molar-refractivity contribution < 1.29 is 31.9 Å². The first-order valence-corrected chi connectivity index (χ1v) is 9.76. The van der Waals surface area contributed by atoms with Gasteiger partial charge in [-0.25, -0.2) is 4.79 Å². The molecule has 158 valence electrons. The minimum absolute atomic E-state index is 0.0343. The van der Waals surface area contributed by atoms with E-state index >= 15 is 0 Å². The Morgan fingerprint density at radius 2 is 1.70 bits per heavy atom. The van der Waals surface area contributed by atoms with Crippen LogP contribution in [-0.2, 0) is 33.6 Å². The fourth-order valence-electron chi connectivity index (χ4n) is 2.90. The van der Waals surface area contributed by atoms with Crippen LogP contribution in [0.4, 0.5) is 13.2 Å². The van der Waals surface area contributed by atoms with Crippen molar-refractivity contribution >= 4 is 38.8 Å². The lowest BCUT2D eigenvalue weighted by molar-refractivity contribution is -0.160. The van der Waals surface area contributed by atoms with Gasteiger partial charge in [0.05, 0.1) is 16.6 Å². The first-order chi connectivity index (χ1) is 14.2. The van der Waals surface area contributed by atoms with Gasteiger partial charge in [-0.05, 0) is 58.2 Å². The van der Waals surface area contributed by atoms with Gasteiger partial charge in [0.25, 0.3) is 0 Å². The quantitative estimate of drug-likeness (QED) is 0.364. The average molecular weight is 484 g/mol. The summed E-state index contributed by atoms with van der Waals surface area (Å²) in [6.07, 6.45) is -2.91. The van der Waals surface area contributed by atoms with Crippen LogP contribution in [0.5, 0.6) is 0 Å². The van der Waals surface area contributed by atoms with Crippen LogP contribution in [0.15, 0.2) is 57.6 Å². The van der Waals surface area contributed by atoms with Crippen LogP contribution in [0.25, 0.3) is 11.0 Å². The maximum Gasteiger partial charge on any atom is 0.416 e. The van der Waals surface area contributed by atoms with Gasteiger partial charge in [0.1, 0.15) is 11.8 Å². The van der Waals surface area contributed by atoms with E-state index in [0.29, 0.717) is 16.7 Å². The number of benzene rings is 2. The van der Waals surface area contributed by atoms with Gasteiger partial charge < -0.3 is 14.1 Å². The van der Waals surface area contributed by atoms with Gasteiger partial charge in [-0.1, -0.05) is 18.2 Å². The highest BCUT2D eigenvalue weighted by atomic mass is 79.9. The number of carbonyl (C=O) groups is 2. The number of hydrogen-bond donors (Lipinski definition) is 0. The van der Waals surface area contributed by atoms with Crippen molar-refractivity contribution in [1.29, 1.82) is 0 Å². The van der Waals surface area contributed by atoms with Crippen molar-refractivity contribution in [2.24, 2.45) is 0 Å². The molecule has 0 unspecified atom stereocenters. The number of halogens is 4. The van der Waals surface area contributed by atoms with Crippen LogP contribution in [0.1, 0.15) is 23.6 Å². The normalized spacial score (nSPS) is 11.5. The van der Waals surface area contributed by atoms with E-state index in [1.807, 2.05) is 0 Å². The second kappa shape index (κ2) is 8.91. The molecule has 9 heteroatoms. The van der Waals surface area contributed by atoms with Crippen molar-refractivity contribution in [2.75, 3.05) is 6.61 Å². The number of rotatable bonds is 5. The number of esters is 1. The number of nitrogens with zero attached hydrogens (tertiary/aromatic N) is 1. The van der Waals surface area contributed by atoms with E-state index in [0.717, 1.165) is 22.0 Å². The Bertz CT molecular complexity index is 1060. The fourth-order valence-corrected chi connectivity index (χ4v) is 3.31. The number of alkyl halides is 3.